The van der Waals surface area contributed by atoms with Crippen LogP contribution in [0.5, 0.6) is 0 Å². The zero-order valence-electron chi connectivity index (χ0n) is 12.3. The van der Waals surface area contributed by atoms with Gasteiger partial charge in [0.05, 0.1) is 5.69 Å². The minimum Gasteiger partial charge on any atom is -0.327 e. The largest absolute Gasteiger partial charge is 0.327 e. The van der Waals surface area contributed by atoms with Crippen LogP contribution in [0.15, 0.2) is 12.3 Å². The fourth-order valence-electron chi connectivity index (χ4n) is 3.98. The average Bonchev–Trinajstić information content (AvgIpc) is 2.99. The van der Waals surface area contributed by atoms with Crippen LogP contribution in [0.3, 0.4) is 0 Å². The van der Waals surface area contributed by atoms with E-state index in [1.807, 2.05) is 0 Å². The number of nitrogens with zero attached hydrogens (tertiary/aromatic N) is 2. The summed E-state index contributed by atoms with van der Waals surface area (Å²) in [6.45, 7) is 4.42. The maximum Gasteiger partial charge on any atom is 0.0640 e. The molecule has 2 aliphatic carbocycles. The van der Waals surface area contributed by atoms with E-state index < -0.39 is 0 Å². The molecule has 2 N–H and O–H groups in total. The van der Waals surface area contributed by atoms with E-state index in [0.717, 1.165) is 30.6 Å². The average molecular weight is 261 g/mol. The van der Waals surface area contributed by atoms with E-state index >= 15 is 0 Å². The molecule has 1 aromatic rings. The Kier molecular flexibility index (Phi) is 3.66. The second kappa shape index (κ2) is 5.28. The van der Waals surface area contributed by atoms with Crippen LogP contribution in [0, 0.1) is 17.8 Å². The van der Waals surface area contributed by atoms with Gasteiger partial charge >= 0.3 is 0 Å². The molecule has 1 heterocycles. The molecule has 4 atom stereocenters. The van der Waals surface area contributed by atoms with E-state index in [1.54, 1.807) is 0 Å². The molecule has 3 rings (SSSR count). The summed E-state index contributed by atoms with van der Waals surface area (Å²) in [7, 11) is 0. The standard InChI is InChI=1S/C16H27N3/c1-3-11(2)19-9-8-12(18-19)10-15(17)16-13-6-4-5-7-14(13)16/h8-9,11,13-16H,3-7,10,17H2,1-2H3. The summed E-state index contributed by atoms with van der Waals surface area (Å²) in [5.41, 5.74) is 7.62. The van der Waals surface area contributed by atoms with Crippen LogP contribution in [-0.2, 0) is 6.42 Å². The molecular formula is C16H27N3. The Morgan fingerprint density at radius 2 is 2.05 bits per heavy atom. The Bertz CT molecular complexity index is 413. The van der Waals surface area contributed by atoms with Gasteiger partial charge in [0.15, 0.2) is 0 Å². The first-order valence-electron chi connectivity index (χ1n) is 8.00. The molecule has 2 saturated carbocycles. The lowest BCUT2D eigenvalue weighted by molar-refractivity contribution is 0.466. The Morgan fingerprint density at radius 3 is 2.68 bits per heavy atom. The van der Waals surface area contributed by atoms with Crippen molar-refractivity contribution < 1.29 is 0 Å². The second-order valence-electron chi connectivity index (χ2n) is 6.60. The lowest BCUT2D eigenvalue weighted by atomic mass is 10.0. The Balaban J connectivity index is 1.58. The Labute approximate surface area is 116 Å². The summed E-state index contributed by atoms with van der Waals surface area (Å²) in [5, 5.41) is 4.69. The molecule has 0 bridgehead atoms. The van der Waals surface area contributed by atoms with Gasteiger partial charge in [-0.2, -0.15) is 5.10 Å². The fraction of sp³-hybridized carbons (Fsp3) is 0.812. The van der Waals surface area contributed by atoms with Gasteiger partial charge in [-0.1, -0.05) is 19.8 Å². The maximum atomic E-state index is 6.44. The molecule has 0 radical (unpaired) electrons. The molecule has 2 fully saturated rings. The number of fused-ring (bicyclic) bond motifs is 1. The quantitative estimate of drug-likeness (QED) is 0.885. The van der Waals surface area contributed by atoms with Crippen molar-refractivity contribution in [2.24, 2.45) is 23.5 Å². The zero-order valence-corrected chi connectivity index (χ0v) is 12.3. The number of nitrogens with two attached hydrogens (primary N) is 1. The molecule has 4 unspecified atom stereocenters. The van der Waals surface area contributed by atoms with Crippen molar-refractivity contribution in [1.29, 1.82) is 0 Å². The van der Waals surface area contributed by atoms with Crippen LogP contribution in [0.25, 0.3) is 0 Å². The molecule has 106 valence electrons. The van der Waals surface area contributed by atoms with E-state index in [-0.39, 0.29) is 0 Å². The number of hydrogen-bond acceptors (Lipinski definition) is 2. The van der Waals surface area contributed by atoms with Gasteiger partial charge in [0.25, 0.3) is 0 Å². The van der Waals surface area contributed by atoms with Gasteiger partial charge in [0.1, 0.15) is 0 Å². The molecular weight excluding hydrogens is 234 g/mol. The van der Waals surface area contributed by atoms with Crippen molar-refractivity contribution in [2.75, 3.05) is 0 Å². The van der Waals surface area contributed by atoms with Crippen LogP contribution in [0.1, 0.15) is 57.7 Å². The highest BCUT2D eigenvalue weighted by atomic mass is 15.3. The van der Waals surface area contributed by atoms with Crippen molar-refractivity contribution in [1.82, 2.24) is 9.78 Å². The van der Waals surface area contributed by atoms with E-state index in [0.29, 0.717) is 12.1 Å². The summed E-state index contributed by atoms with van der Waals surface area (Å²) in [6, 6.07) is 2.97. The highest BCUT2D eigenvalue weighted by Gasteiger charge is 2.52. The van der Waals surface area contributed by atoms with Crippen LogP contribution in [0.2, 0.25) is 0 Å². The minimum absolute atomic E-state index is 0.327. The predicted octanol–water partition coefficient (Wildman–Crippen LogP) is 3.16. The molecule has 19 heavy (non-hydrogen) atoms. The Hall–Kier alpha value is -0.830. The molecule has 0 saturated heterocycles. The third kappa shape index (κ3) is 2.58. The molecule has 3 heteroatoms. The molecule has 1 aromatic heterocycles. The predicted molar refractivity (Wildman–Crippen MR) is 77.8 cm³/mol. The van der Waals surface area contributed by atoms with Crippen molar-refractivity contribution in [3.05, 3.63) is 18.0 Å². The summed E-state index contributed by atoms with van der Waals surface area (Å²) in [5.74, 6) is 2.68. The summed E-state index contributed by atoms with van der Waals surface area (Å²) in [6.07, 6.45) is 9.88. The number of aromatic nitrogens is 2. The zero-order chi connectivity index (χ0) is 13.4. The second-order valence-corrected chi connectivity index (χ2v) is 6.60. The van der Waals surface area contributed by atoms with Crippen molar-refractivity contribution in [2.45, 2.75) is 64.5 Å². The van der Waals surface area contributed by atoms with E-state index in [4.69, 9.17) is 5.73 Å². The van der Waals surface area contributed by atoms with Gasteiger partial charge in [0, 0.05) is 24.7 Å². The first-order chi connectivity index (χ1) is 9.20. The van der Waals surface area contributed by atoms with Crippen LogP contribution >= 0.6 is 0 Å². The molecule has 0 amide bonds. The summed E-state index contributed by atoms with van der Waals surface area (Å²) < 4.78 is 2.09. The molecule has 0 aromatic carbocycles. The monoisotopic (exact) mass is 261 g/mol. The van der Waals surface area contributed by atoms with Gasteiger partial charge in [0.2, 0.25) is 0 Å². The van der Waals surface area contributed by atoms with Gasteiger partial charge in [-0.15, -0.1) is 0 Å². The fourth-order valence-corrected chi connectivity index (χ4v) is 3.98. The normalized spacial score (nSPS) is 32.7. The molecule has 2 aliphatic rings. The van der Waals surface area contributed by atoms with Crippen molar-refractivity contribution in [3.8, 4) is 0 Å². The smallest absolute Gasteiger partial charge is 0.0640 e. The number of rotatable bonds is 5. The van der Waals surface area contributed by atoms with Gasteiger partial charge in [-0.05, 0) is 50.0 Å². The van der Waals surface area contributed by atoms with Crippen LogP contribution < -0.4 is 5.73 Å². The number of hydrogen-bond donors (Lipinski definition) is 1. The van der Waals surface area contributed by atoms with Crippen LogP contribution in [0.4, 0.5) is 0 Å². The Morgan fingerprint density at radius 1 is 1.37 bits per heavy atom. The first kappa shape index (κ1) is 13.2. The topological polar surface area (TPSA) is 43.8 Å². The third-order valence-corrected chi connectivity index (χ3v) is 5.37. The highest BCUT2D eigenvalue weighted by Crippen LogP contribution is 2.56. The lowest BCUT2D eigenvalue weighted by Gasteiger charge is -2.11. The van der Waals surface area contributed by atoms with E-state index in [2.05, 4.69) is 35.9 Å². The van der Waals surface area contributed by atoms with Crippen molar-refractivity contribution >= 4 is 0 Å². The minimum atomic E-state index is 0.327. The van der Waals surface area contributed by atoms with Gasteiger partial charge < -0.3 is 5.73 Å². The van der Waals surface area contributed by atoms with E-state index in [1.165, 1.54) is 31.4 Å². The molecule has 0 spiro atoms. The molecule has 0 aliphatic heterocycles. The van der Waals surface area contributed by atoms with E-state index in [9.17, 15) is 0 Å². The SMILES string of the molecule is CCC(C)n1ccc(CC(N)C2C3CCCCC32)n1. The molecule has 3 nitrogen and oxygen atoms in total. The van der Waals surface area contributed by atoms with Crippen LogP contribution in [-0.4, -0.2) is 15.8 Å². The third-order valence-electron chi connectivity index (χ3n) is 5.37. The lowest BCUT2D eigenvalue weighted by Crippen LogP contribution is -2.27. The van der Waals surface area contributed by atoms with Gasteiger partial charge in [-0.3, -0.25) is 4.68 Å². The first-order valence-corrected chi connectivity index (χ1v) is 8.00. The highest BCUT2D eigenvalue weighted by molar-refractivity contribution is 5.09. The summed E-state index contributed by atoms with van der Waals surface area (Å²) >= 11 is 0. The maximum absolute atomic E-state index is 6.44. The summed E-state index contributed by atoms with van der Waals surface area (Å²) in [4.78, 5) is 0. The van der Waals surface area contributed by atoms with Crippen molar-refractivity contribution in [3.63, 3.8) is 0 Å². The van der Waals surface area contributed by atoms with Gasteiger partial charge in [-0.25, -0.2) is 0 Å².